The van der Waals surface area contributed by atoms with Gasteiger partial charge in [-0.15, -0.1) is 0 Å². The van der Waals surface area contributed by atoms with Crippen LogP contribution >= 0.6 is 27.7 Å². The summed E-state index contributed by atoms with van der Waals surface area (Å²) in [5, 5.41) is 3.47. The van der Waals surface area contributed by atoms with E-state index in [0.717, 1.165) is 17.6 Å². The van der Waals surface area contributed by atoms with Crippen LogP contribution < -0.4 is 5.32 Å². The molecule has 1 nitrogen and oxygen atoms in total. The van der Waals surface area contributed by atoms with E-state index in [0.29, 0.717) is 5.92 Å². The first-order valence-corrected chi connectivity index (χ1v) is 8.48. The minimum atomic E-state index is 0.686. The fourth-order valence-corrected chi connectivity index (χ4v) is 3.37. The summed E-state index contributed by atoms with van der Waals surface area (Å²) < 4.78 is 1.16. The predicted octanol–water partition coefficient (Wildman–Crippen LogP) is 5.35. The highest BCUT2D eigenvalue weighted by molar-refractivity contribution is 9.10. The van der Waals surface area contributed by atoms with Crippen LogP contribution in [0.1, 0.15) is 19.4 Å². The fourth-order valence-electron chi connectivity index (χ4n) is 1.86. The number of halogens is 1. The first kappa shape index (κ1) is 15.6. The number of rotatable bonds is 6. The maximum atomic E-state index is 3.68. The van der Waals surface area contributed by atoms with Gasteiger partial charge in [0, 0.05) is 20.8 Å². The Kier molecular flexibility index (Phi) is 6.14. The molecule has 0 aromatic heterocycles. The fraction of sp³-hybridized carbons (Fsp3) is 0.294. The Morgan fingerprint density at radius 2 is 1.85 bits per heavy atom. The molecule has 0 fully saturated rings. The Morgan fingerprint density at radius 3 is 2.50 bits per heavy atom. The number of hydrogen-bond donors (Lipinski definition) is 1. The zero-order chi connectivity index (χ0) is 14.4. The van der Waals surface area contributed by atoms with Crippen LogP contribution in [-0.2, 0) is 6.54 Å². The summed E-state index contributed by atoms with van der Waals surface area (Å²) in [6.07, 6.45) is 0. The highest BCUT2D eigenvalue weighted by Crippen LogP contribution is 2.33. The number of benzene rings is 2. The van der Waals surface area contributed by atoms with E-state index in [1.54, 1.807) is 11.8 Å². The van der Waals surface area contributed by atoms with Crippen molar-refractivity contribution >= 4 is 27.7 Å². The van der Waals surface area contributed by atoms with Gasteiger partial charge < -0.3 is 5.32 Å². The summed E-state index contributed by atoms with van der Waals surface area (Å²) >= 11 is 5.46. The Balaban J connectivity index is 1.99. The molecule has 0 saturated heterocycles. The molecule has 0 aliphatic carbocycles. The van der Waals surface area contributed by atoms with Crippen molar-refractivity contribution in [2.75, 3.05) is 6.54 Å². The Bertz CT molecular complexity index is 540. The zero-order valence-electron chi connectivity index (χ0n) is 11.9. The van der Waals surface area contributed by atoms with Crippen molar-refractivity contribution in [2.45, 2.75) is 30.2 Å². The first-order chi connectivity index (χ1) is 9.65. The maximum Gasteiger partial charge on any atom is 0.0318 e. The van der Waals surface area contributed by atoms with Crippen LogP contribution in [0.2, 0.25) is 0 Å². The topological polar surface area (TPSA) is 12.0 Å². The molecule has 0 radical (unpaired) electrons. The second-order valence-corrected chi connectivity index (χ2v) is 7.17. The summed E-state index contributed by atoms with van der Waals surface area (Å²) in [7, 11) is 0. The van der Waals surface area contributed by atoms with E-state index in [9.17, 15) is 0 Å². The van der Waals surface area contributed by atoms with Crippen molar-refractivity contribution in [1.29, 1.82) is 0 Å². The summed E-state index contributed by atoms with van der Waals surface area (Å²) in [6, 6.07) is 17.0. The lowest BCUT2D eigenvalue weighted by Gasteiger charge is -2.10. The molecule has 2 aromatic carbocycles. The molecule has 0 amide bonds. The summed E-state index contributed by atoms with van der Waals surface area (Å²) in [5.41, 5.74) is 1.31. The Labute approximate surface area is 134 Å². The zero-order valence-corrected chi connectivity index (χ0v) is 14.3. The van der Waals surface area contributed by atoms with Crippen molar-refractivity contribution in [2.24, 2.45) is 5.92 Å². The van der Waals surface area contributed by atoms with Crippen LogP contribution in [0.5, 0.6) is 0 Å². The van der Waals surface area contributed by atoms with Gasteiger partial charge in [0.1, 0.15) is 0 Å². The van der Waals surface area contributed by atoms with Gasteiger partial charge in [-0.3, -0.25) is 0 Å². The van der Waals surface area contributed by atoms with Crippen molar-refractivity contribution < 1.29 is 0 Å². The highest BCUT2D eigenvalue weighted by Gasteiger charge is 2.04. The van der Waals surface area contributed by atoms with Crippen molar-refractivity contribution in [3.05, 3.63) is 58.6 Å². The van der Waals surface area contributed by atoms with E-state index in [1.165, 1.54) is 15.4 Å². The summed E-state index contributed by atoms with van der Waals surface area (Å²) in [6.45, 7) is 6.43. The quantitative estimate of drug-likeness (QED) is 0.754. The van der Waals surface area contributed by atoms with Gasteiger partial charge in [-0.25, -0.2) is 0 Å². The van der Waals surface area contributed by atoms with Crippen LogP contribution in [0.3, 0.4) is 0 Å². The van der Waals surface area contributed by atoms with Gasteiger partial charge in [-0.2, -0.15) is 0 Å². The lowest BCUT2D eigenvalue weighted by molar-refractivity contribution is 0.552. The van der Waals surface area contributed by atoms with Gasteiger partial charge >= 0.3 is 0 Å². The monoisotopic (exact) mass is 349 g/mol. The summed E-state index contributed by atoms with van der Waals surface area (Å²) in [4.78, 5) is 2.52. The molecule has 0 unspecified atom stereocenters. The molecule has 0 heterocycles. The number of nitrogens with one attached hydrogen (secondary N) is 1. The average molecular weight is 350 g/mol. The van der Waals surface area contributed by atoms with Gasteiger partial charge in [0.15, 0.2) is 0 Å². The molecular formula is C17H20BrNS. The molecule has 0 bridgehead atoms. The molecule has 1 N–H and O–H groups in total. The average Bonchev–Trinajstić information content (AvgIpc) is 2.42. The minimum Gasteiger partial charge on any atom is -0.312 e. The van der Waals surface area contributed by atoms with Gasteiger partial charge in [0.25, 0.3) is 0 Å². The minimum absolute atomic E-state index is 0.686. The predicted molar refractivity (Wildman–Crippen MR) is 91.3 cm³/mol. The third-order valence-electron chi connectivity index (χ3n) is 2.85. The normalized spacial score (nSPS) is 11.0. The molecule has 2 rings (SSSR count). The van der Waals surface area contributed by atoms with E-state index in [1.807, 2.05) is 6.07 Å². The second kappa shape index (κ2) is 7.87. The third-order valence-corrected chi connectivity index (χ3v) is 4.85. The van der Waals surface area contributed by atoms with Crippen molar-refractivity contribution in [3.8, 4) is 0 Å². The molecule has 0 saturated carbocycles. The van der Waals surface area contributed by atoms with Crippen LogP contribution in [0.4, 0.5) is 0 Å². The van der Waals surface area contributed by atoms with Crippen molar-refractivity contribution in [1.82, 2.24) is 5.32 Å². The molecular weight excluding hydrogens is 330 g/mol. The van der Waals surface area contributed by atoms with Crippen LogP contribution in [0.15, 0.2) is 62.8 Å². The first-order valence-electron chi connectivity index (χ1n) is 6.87. The largest absolute Gasteiger partial charge is 0.312 e. The maximum absolute atomic E-state index is 3.68. The van der Waals surface area contributed by atoms with Crippen LogP contribution in [0, 0.1) is 5.92 Å². The smallest absolute Gasteiger partial charge is 0.0318 e. The summed E-state index contributed by atoms with van der Waals surface area (Å²) in [5.74, 6) is 0.686. The molecule has 3 heteroatoms. The molecule has 106 valence electrons. The number of hydrogen-bond acceptors (Lipinski definition) is 2. The Morgan fingerprint density at radius 1 is 1.10 bits per heavy atom. The second-order valence-electron chi connectivity index (χ2n) is 5.20. The van der Waals surface area contributed by atoms with Gasteiger partial charge in [0.2, 0.25) is 0 Å². The van der Waals surface area contributed by atoms with E-state index in [2.05, 4.69) is 77.6 Å². The van der Waals surface area contributed by atoms with E-state index < -0.39 is 0 Å². The van der Waals surface area contributed by atoms with Gasteiger partial charge in [-0.1, -0.05) is 49.9 Å². The van der Waals surface area contributed by atoms with Crippen molar-refractivity contribution in [3.63, 3.8) is 0 Å². The van der Waals surface area contributed by atoms with Crippen LogP contribution in [0.25, 0.3) is 0 Å². The standard InChI is InChI=1S/C17H20BrNS/c1-13(2)11-19-12-14-8-9-17(16(18)10-14)20-15-6-4-3-5-7-15/h3-10,13,19H,11-12H2,1-2H3. The molecule has 0 aliphatic heterocycles. The highest BCUT2D eigenvalue weighted by atomic mass is 79.9. The SMILES string of the molecule is CC(C)CNCc1ccc(Sc2ccccc2)c(Br)c1. The molecule has 0 aliphatic rings. The third kappa shape index (κ3) is 4.97. The molecule has 20 heavy (non-hydrogen) atoms. The molecule has 0 atom stereocenters. The lowest BCUT2D eigenvalue weighted by Crippen LogP contribution is -2.18. The van der Waals surface area contributed by atoms with E-state index in [-0.39, 0.29) is 0 Å². The van der Waals surface area contributed by atoms with E-state index >= 15 is 0 Å². The molecule has 2 aromatic rings. The molecule has 0 spiro atoms. The Hall–Kier alpha value is -0.770. The van der Waals surface area contributed by atoms with Gasteiger partial charge in [0.05, 0.1) is 0 Å². The van der Waals surface area contributed by atoms with Gasteiger partial charge in [-0.05, 0) is 58.2 Å². The van der Waals surface area contributed by atoms with Crippen LogP contribution in [-0.4, -0.2) is 6.54 Å². The lowest BCUT2D eigenvalue weighted by atomic mass is 10.2. The van der Waals surface area contributed by atoms with E-state index in [4.69, 9.17) is 0 Å².